The first-order chi connectivity index (χ1) is 1.00. The van der Waals surface area contributed by atoms with Crippen LogP contribution in [0.4, 0.5) is 4.70 Å². The third-order valence-corrected chi connectivity index (χ3v) is 0. The van der Waals surface area contributed by atoms with Gasteiger partial charge in [-0.2, -0.15) is 0 Å². The number of halogens is 2. The average molecular weight is 120 g/mol. The summed E-state index contributed by atoms with van der Waals surface area (Å²) in [6.07, 6.45) is 0. The maximum atomic E-state index is 8.25. The van der Waals surface area contributed by atoms with E-state index in [1.165, 1.54) is 0 Å². The number of rotatable bonds is 0. The van der Waals surface area contributed by atoms with Crippen LogP contribution in [0.2, 0.25) is 0 Å². The maximum absolute atomic E-state index is 8.25. The molecule has 0 atom stereocenters. The second-order valence-corrected chi connectivity index (χ2v) is 0. The molecule has 4 heteroatoms. The first kappa shape index (κ1) is 21.9. The summed E-state index contributed by atoms with van der Waals surface area (Å²) in [5.74, 6) is 0. The standard InChI is InChI=1S/ClH.FH.O.Ti/h2*1H;;. The van der Waals surface area contributed by atoms with E-state index in [1.807, 2.05) is 0 Å². The van der Waals surface area contributed by atoms with Crippen molar-refractivity contribution in [3.05, 3.63) is 0 Å². The molecule has 0 aromatic carbocycles. The zero-order valence-electron chi connectivity index (χ0n) is 1.72. The second-order valence-electron chi connectivity index (χ2n) is 0. The van der Waals surface area contributed by atoms with Gasteiger partial charge in [-0.05, 0) is 0 Å². The molecule has 4 heavy (non-hydrogen) atoms. The van der Waals surface area contributed by atoms with Gasteiger partial charge < -0.3 is 0 Å². The first-order valence-corrected chi connectivity index (χ1v) is 0.842. The van der Waals surface area contributed by atoms with Gasteiger partial charge in [0.05, 0.1) is 0 Å². The summed E-state index contributed by atoms with van der Waals surface area (Å²) in [7, 11) is 0. The Morgan fingerprint density at radius 3 is 1.25 bits per heavy atom. The van der Waals surface area contributed by atoms with Gasteiger partial charge >= 0.3 is 23.7 Å². The van der Waals surface area contributed by atoms with Crippen LogP contribution in [0.15, 0.2) is 0 Å². The van der Waals surface area contributed by atoms with E-state index in [4.69, 9.17) is 3.32 Å². The SMILES string of the molecule is Cl.F.[O]=[Ti]. The van der Waals surface area contributed by atoms with Crippen molar-refractivity contribution in [2.24, 2.45) is 0 Å². The molecule has 0 aliphatic carbocycles. The van der Waals surface area contributed by atoms with Crippen LogP contribution in [0, 0.1) is 0 Å². The molecule has 0 aromatic heterocycles. The second kappa shape index (κ2) is 51.8. The Balaban J connectivity index is -0.00000000500. The summed E-state index contributed by atoms with van der Waals surface area (Å²) >= 11 is 0.750. The van der Waals surface area contributed by atoms with Gasteiger partial charge in [0, 0.05) is 0 Å². The number of hydrogen-bond acceptors (Lipinski definition) is 1. The molecule has 0 rings (SSSR count). The molecule has 1 nitrogen and oxygen atoms in total. The monoisotopic (exact) mass is 120 g/mol. The molecule has 0 fully saturated rings. The van der Waals surface area contributed by atoms with Gasteiger partial charge in [-0.15, -0.1) is 12.4 Å². The van der Waals surface area contributed by atoms with E-state index >= 15 is 0 Å². The molecule has 0 saturated heterocycles. The molecular weight excluding hydrogens is 118 g/mol. The molecule has 0 unspecified atom stereocenters. The predicted molar refractivity (Wildman–Crippen MR) is 10.4 cm³/mol. The van der Waals surface area contributed by atoms with Crippen LogP contribution < -0.4 is 0 Å². The summed E-state index contributed by atoms with van der Waals surface area (Å²) in [4.78, 5) is 0. The van der Waals surface area contributed by atoms with E-state index in [9.17, 15) is 0 Å². The van der Waals surface area contributed by atoms with Crippen LogP contribution in [0.5, 0.6) is 0 Å². The molecule has 0 aliphatic rings. The zero-order valence-corrected chi connectivity index (χ0v) is 4.10. The molecule has 0 bridgehead atoms. The van der Waals surface area contributed by atoms with Crippen molar-refractivity contribution in [1.82, 2.24) is 0 Å². The Bertz CT molecular complexity index is 8.00. The Labute approximate surface area is 41.3 Å². The average Bonchev–Trinajstić information content (AvgIpc) is 1.00. The first-order valence-electron chi connectivity index (χ1n) is 0.204. The molecule has 0 aromatic rings. The topological polar surface area (TPSA) is 17.1 Å². The van der Waals surface area contributed by atoms with Gasteiger partial charge in [-0.3, -0.25) is 4.70 Å². The zero-order chi connectivity index (χ0) is 2.00. The van der Waals surface area contributed by atoms with E-state index in [0.717, 1.165) is 20.4 Å². The minimum absolute atomic E-state index is 0. The molecule has 0 heterocycles. The van der Waals surface area contributed by atoms with Crippen molar-refractivity contribution in [2.75, 3.05) is 0 Å². The Kier molecular flexibility index (Phi) is 284. The molecule has 0 N–H and O–H groups in total. The van der Waals surface area contributed by atoms with Crippen LogP contribution in [-0.4, -0.2) is 0 Å². The van der Waals surface area contributed by atoms with Crippen LogP contribution in [0.25, 0.3) is 0 Å². The number of hydrogen-bond donors (Lipinski definition) is 0. The molecule has 0 spiro atoms. The van der Waals surface area contributed by atoms with E-state index in [-0.39, 0.29) is 17.1 Å². The third-order valence-electron chi connectivity index (χ3n) is 0. The van der Waals surface area contributed by atoms with Crippen molar-refractivity contribution in [3.8, 4) is 0 Å². The Morgan fingerprint density at radius 1 is 1.25 bits per heavy atom. The summed E-state index contributed by atoms with van der Waals surface area (Å²) in [5, 5.41) is 0. The fourth-order valence-electron chi connectivity index (χ4n) is 0. The summed E-state index contributed by atoms with van der Waals surface area (Å²) in [6.45, 7) is 0. The normalized spacial score (nSPS) is 0.750. The van der Waals surface area contributed by atoms with E-state index in [0.29, 0.717) is 0 Å². The van der Waals surface area contributed by atoms with Gasteiger partial charge in [0.15, 0.2) is 0 Å². The van der Waals surface area contributed by atoms with Gasteiger partial charge in [0.25, 0.3) is 0 Å². The van der Waals surface area contributed by atoms with E-state index in [2.05, 4.69) is 0 Å². The molecule has 0 saturated carbocycles. The van der Waals surface area contributed by atoms with Crippen LogP contribution >= 0.6 is 12.4 Å². The Morgan fingerprint density at radius 2 is 1.25 bits per heavy atom. The van der Waals surface area contributed by atoms with Crippen molar-refractivity contribution in [3.63, 3.8) is 0 Å². The fourth-order valence-corrected chi connectivity index (χ4v) is 0. The van der Waals surface area contributed by atoms with Crippen LogP contribution in [0.3, 0.4) is 0 Å². The molecular formula is H2ClFOTi. The van der Waals surface area contributed by atoms with Crippen LogP contribution in [0.1, 0.15) is 0 Å². The molecule has 0 amide bonds. The molecule has 0 aliphatic heterocycles. The van der Waals surface area contributed by atoms with Gasteiger partial charge in [-0.25, -0.2) is 0 Å². The van der Waals surface area contributed by atoms with E-state index < -0.39 is 0 Å². The van der Waals surface area contributed by atoms with Crippen molar-refractivity contribution >= 4 is 12.4 Å². The third kappa shape index (κ3) is 15.3. The van der Waals surface area contributed by atoms with E-state index in [1.54, 1.807) is 0 Å². The minimum atomic E-state index is 0. The summed E-state index contributed by atoms with van der Waals surface area (Å²) < 4.78 is 8.25. The molecule has 26 valence electrons. The quantitative estimate of drug-likeness (QED) is 0.424. The predicted octanol–water partition coefficient (Wildman–Crippen LogP) is 0.453. The van der Waals surface area contributed by atoms with Crippen molar-refractivity contribution in [2.45, 2.75) is 0 Å². The van der Waals surface area contributed by atoms with Gasteiger partial charge in [0.2, 0.25) is 0 Å². The summed E-state index contributed by atoms with van der Waals surface area (Å²) in [5.41, 5.74) is 0. The van der Waals surface area contributed by atoms with Gasteiger partial charge in [0.1, 0.15) is 0 Å². The van der Waals surface area contributed by atoms with Crippen molar-refractivity contribution < 1.29 is 28.4 Å². The fraction of sp³-hybridized carbons (Fsp3) is 0. The Hall–Kier alpha value is 0.734. The van der Waals surface area contributed by atoms with Gasteiger partial charge in [-0.1, -0.05) is 0 Å². The van der Waals surface area contributed by atoms with Crippen molar-refractivity contribution in [1.29, 1.82) is 0 Å². The van der Waals surface area contributed by atoms with Crippen LogP contribution in [-0.2, 0) is 23.7 Å². The molecule has 0 radical (unpaired) electrons. The summed E-state index contributed by atoms with van der Waals surface area (Å²) in [6, 6.07) is 0.